The third-order valence-corrected chi connectivity index (χ3v) is 14.8. The number of hydrogen-bond donors (Lipinski definition) is 7. The molecule has 2 saturated heterocycles. The van der Waals surface area contributed by atoms with Gasteiger partial charge in [0.25, 0.3) is 5.60 Å². The highest BCUT2D eigenvalue weighted by molar-refractivity contribution is 6.23. The van der Waals surface area contributed by atoms with Crippen molar-refractivity contribution in [1.82, 2.24) is 10.6 Å². The van der Waals surface area contributed by atoms with Gasteiger partial charge in [-0.05, 0) is 69.4 Å². The maximum Gasteiger partial charge on any atom is 0.350 e. The maximum absolute atomic E-state index is 14.5. The van der Waals surface area contributed by atoms with Gasteiger partial charge < -0.3 is 25.4 Å². The van der Waals surface area contributed by atoms with Crippen molar-refractivity contribution >= 4 is 23.5 Å². The van der Waals surface area contributed by atoms with Crippen molar-refractivity contribution in [3.05, 3.63) is 35.5 Å². The average molecular weight is 780 g/mol. The molecular weight excluding hydrogens is 707 g/mol. The Kier molecular flexibility index (Phi) is 13.5. The zero-order valence-electron chi connectivity index (χ0n) is 34.5. The summed E-state index contributed by atoms with van der Waals surface area (Å²) in [5.74, 6) is 0.451. The molecule has 7 rings (SSSR count). The highest BCUT2D eigenvalue weighted by Crippen LogP contribution is 2.61. The standard InChI is InChI=1S/C44H69N7O5/c1-28(21-37(51-42(45)47-3)32-18-20-48-38(24-32)50-27-46-2)17-19-43-39(52)34-15-9-10-16-35(34)40(53)44(43,56-43)41(54)55-26-33-22-30-13-7-8-14-31(30)23-36(33)49-25-29-11-5-4-6-12-29/h8,14,17,23,29-30,32-38,46,48-50H,4-7,9-13,15-16,18-22,24-27H2,1-3H3,(H3,45,47,51)/p+4/t30-,32?,33-,34?,35?,36-,37+,38?,43+,44+/m1/s1. The molecule has 3 saturated carbocycles. The summed E-state index contributed by atoms with van der Waals surface area (Å²) < 4.78 is 12.7. The summed E-state index contributed by atoms with van der Waals surface area (Å²) in [6.07, 6.45) is 25.2. The molecule has 0 aromatic heterocycles. The van der Waals surface area contributed by atoms with E-state index in [4.69, 9.17) is 15.2 Å². The summed E-state index contributed by atoms with van der Waals surface area (Å²) in [6.45, 7) is 5.31. The molecule has 4 unspecified atom stereocenters. The smallest absolute Gasteiger partial charge is 0.350 e. The number of carbonyl (C=O) groups excluding carboxylic acids is 3. The number of esters is 1. The van der Waals surface area contributed by atoms with Gasteiger partial charge in [0, 0.05) is 55.3 Å². The summed E-state index contributed by atoms with van der Waals surface area (Å²) in [7, 11) is 3.88. The van der Waals surface area contributed by atoms with E-state index in [-0.39, 0.29) is 42.6 Å². The van der Waals surface area contributed by atoms with E-state index in [2.05, 4.69) is 63.8 Å². The molecule has 10 atom stereocenters. The quantitative estimate of drug-likeness (QED) is 0.0214. The fourth-order valence-corrected chi connectivity index (χ4v) is 11.5. The second-order valence-electron chi connectivity index (χ2n) is 18.4. The second kappa shape index (κ2) is 18.4. The van der Waals surface area contributed by atoms with E-state index < -0.39 is 29.0 Å². The first-order valence-corrected chi connectivity index (χ1v) is 22.4. The number of fused-ring (bicyclic) bond motifs is 3. The van der Waals surface area contributed by atoms with Gasteiger partial charge in [0.1, 0.15) is 25.5 Å². The van der Waals surface area contributed by atoms with Crippen molar-refractivity contribution in [3.63, 3.8) is 0 Å². The average Bonchev–Trinajstić information content (AvgIpc) is 3.94. The van der Waals surface area contributed by atoms with Gasteiger partial charge in [-0.1, -0.05) is 55.9 Å². The Bertz CT molecular complexity index is 1560. The first-order chi connectivity index (χ1) is 27.2. The van der Waals surface area contributed by atoms with Crippen LogP contribution in [0, 0.1) is 35.5 Å². The molecule has 0 bridgehead atoms. The van der Waals surface area contributed by atoms with Crippen LogP contribution < -0.4 is 37.3 Å². The minimum atomic E-state index is -1.85. The molecule has 2 aliphatic heterocycles. The number of nitrogens with one attached hydrogen (secondary N) is 3. The molecule has 0 radical (unpaired) electrons. The minimum absolute atomic E-state index is 0.0763. The third kappa shape index (κ3) is 8.60. The van der Waals surface area contributed by atoms with Crippen molar-refractivity contribution in [2.75, 3.05) is 40.5 Å². The van der Waals surface area contributed by atoms with Gasteiger partial charge in [-0.25, -0.2) is 10.1 Å². The molecule has 0 aromatic carbocycles. The number of piperidine rings is 1. The Labute approximate surface area is 334 Å². The predicted molar refractivity (Wildman–Crippen MR) is 213 cm³/mol. The number of Topliss-reactive ketones (excluding diaryl/α,β-unsaturated/α-hetero) is 2. The molecule has 12 heteroatoms. The molecule has 11 N–H and O–H groups in total. The Balaban J connectivity index is 1.07. The van der Waals surface area contributed by atoms with Crippen molar-refractivity contribution in [3.8, 4) is 0 Å². The summed E-state index contributed by atoms with van der Waals surface area (Å²) in [5.41, 5.74) is 5.45. The fourth-order valence-electron chi connectivity index (χ4n) is 11.5. The Morgan fingerprint density at radius 1 is 1.09 bits per heavy atom. The van der Waals surface area contributed by atoms with Crippen LogP contribution in [0.1, 0.15) is 110 Å². The van der Waals surface area contributed by atoms with E-state index in [1.54, 1.807) is 0 Å². The number of nitrogens with two attached hydrogens (primary N) is 4. The van der Waals surface area contributed by atoms with Crippen LogP contribution >= 0.6 is 0 Å². The second-order valence-corrected chi connectivity index (χ2v) is 18.4. The van der Waals surface area contributed by atoms with Crippen molar-refractivity contribution in [1.29, 1.82) is 0 Å². The van der Waals surface area contributed by atoms with Crippen LogP contribution in [-0.2, 0) is 23.9 Å². The monoisotopic (exact) mass is 780 g/mol. The lowest BCUT2D eigenvalue weighted by Gasteiger charge is -2.37. The van der Waals surface area contributed by atoms with Crippen LogP contribution in [0.15, 0.2) is 35.5 Å². The zero-order chi connectivity index (χ0) is 39.3. The molecule has 12 nitrogen and oxygen atoms in total. The van der Waals surface area contributed by atoms with E-state index in [1.165, 1.54) is 37.7 Å². The number of ether oxygens (including phenoxy) is 2. The number of allylic oxidation sites excluding steroid dienone is 3. The summed E-state index contributed by atoms with van der Waals surface area (Å²) >= 11 is 0. The van der Waals surface area contributed by atoms with Crippen LogP contribution in [0.5, 0.6) is 0 Å². The lowest BCUT2D eigenvalue weighted by Crippen LogP contribution is -2.98. The van der Waals surface area contributed by atoms with Crippen LogP contribution in [0.3, 0.4) is 0 Å². The van der Waals surface area contributed by atoms with E-state index in [1.807, 2.05) is 13.1 Å². The van der Waals surface area contributed by atoms with Gasteiger partial charge in [-0.15, -0.1) is 0 Å². The number of quaternary nitrogens is 3. The topological polar surface area (TPSA) is 187 Å². The Morgan fingerprint density at radius 3 is 2.62 bits per heavy atom. The van der Waals surface area contributed by atoms with E-state index in [0.29, 0.717) is 43.2 Å². The van der Waals surface area contributed by atoms with Crippen molar-refractivity contribution in [2.24, 2.45) is 41.2 Å². The van der Waals surface area contributed by atoms with E-state index >= 15 is 0 Å². The highest BCUT2D eigenvalue weighted by atomic mass is 16.7. The molecule has 5 aliphatic carbocycles. The summed E-state index contributed by atoms with van der Waals surface area (Å²) in [5, 5.41) is 14.2. The van der Waals surface area contributed by atoms with Crippen LogP contribution in [0.4, 0.5) is 0 Å². The van der Waals surface area contributed by atoms with Gasteiger partial charge in [-0.2, -0.15) is 0 Å². The van der Waals surface area contributed by atoms with Gasteiger partial charge in [0.15, 0.2) is 17.2 Å². The van der Waals surface area contributed by atoms with Crippen molar-refractivity contribution in [2.45, 2.75) is 139 Å². The molecular formula is C44H73N7O5+4. The van der Waals surface area contributed by atoms with E-state index in [0.717, 1.165) is 76.2 Å². The number of ketones is 2. The number of carbonyl (C=O) groups is 3. The SMILES string of the molecule is C[NH+]=C(N)N[C@@H](CC(C)=CC[C@@]12O[C@]1(C(=O)OC[C@H]1C[C@H]3CCC=CC3=C[C@H]1[NH2+]CC1CCCCC1)C(=O)C1CCCCC1C2=O)C1CC[NH2+]C(NC[NH2+]C)C1. The third-order valence-electron chi connectivity index (χ3n) is 14.8. The molecule has 56 heavy (non-hydrogen) atoms. The lowest BCUT2D eigenvalue weighted by atomic mass is 9.61. The maximum atomic E-state index is 14.5. The number of hydrogen-bond acceptors (Lipinski definition) is 6. The number of guanidine groups is 1. The van der Waals surface area contributed by atoms with Gasteiger partial charge in [0.2, 0.25) is 0 Å². The Hall–Kier alpha value is -2.90. The molecule has 0 aromatic rings. The predicted octanol–water partition coefficient (Wildman–Crippen LogP) is -0.830. The van der Waals surface area contributed by atoms with Gasteiger partial charge in [0.05, 0.1) is 33.2 Å². The summed E-state index contributed by atoms with van der Waals surface area (Å²) in [4.78, 5) is 46.6. The van der Waals surface area contributed by atoms with E-state index in [9.17, 15) is 14.4 Å². The zero-order valence-corrected chi connectivity index (χ0v) is 34.5. The first-order valence-electron chi connectivity index (χ1n) is 22.4. The minimum Gasteiger partial charge on any atom is -0.463 e. The van der Waals surface area contributed by atoms with Crippen LogP contribution in [-0.4, -0.2) is 93.4 Å². The number of epoxide rings is 1. The molecule has 7 aliphatic rings. The van der Waals surface area contributed by atoms with Crippen LogP contribution in [0.2, 0.25) is 0 Å². The first kappa shape index (κ1) is 41.3. The molecule has 2 heterocycles. The fraction of sp³-hybridized carbons (Fsp3) is 0.773. The molecule has 0 amide bonds. The Morgan fingerprint density at radius 2 is 1.86 bits per heavy atom. The van der Waals surface area contributed by atoms with Gasteiger partial charge >= 0.3 is 11.9 Å². The molecule has 5 fully saturated rings. The van der Waals surface area contributed by atoms with Gasteiger partial charge in [-0.3, -0.25) is 25.6 Å². The lowest BCUT2D eigenvalue weighted by molar-refractivity contribution is -0.717. The van der Waals surface area contributed by atoms with Crippen molar-refractivity contribution < 1.29 is 44.8 Å². The number of rotatable bonds is 15. The molecule has 0 spiro atoms. The largest absolute Gasteiger partial charge is 0.463 e. The summed E-state index contributed by atoms with van der Waals surface area (Å²) in [6, 6.07) is 0.292. The normalized spacial score (nSPS) is 36.8. The molecule has 310 valence electrons. The highest BCUT2D eigenvalue weighted by Gasteiger charge is 2.87. The van der Waals surface area contributed by atoms with Crippen LogP contribution in [0.25, 0.3) is 0 Å².